The van der Waals surface area contributed by atoms with Crippen molar-refractivity contribution in [2.24, 2.45) is 0 Å². The number of ether oxygens (including phenoxy) is 3. The number of hydrogen-bond acceptors (Lipinski definition) is 5. The molecule has 0 amide bonds. The van der Waals surface area contributed by atoms with E-state index in [2.05, 4.69) is 0 Å². The van der Waals surface area contributed by atoms with Gasteiger partial charge in [-0.3, -0.25) is 9.59 Å². The normalized spacial score (nSPS) is 30.7. The molecule has 86 valence electrons. The molecule has 0 saturated carbocycles. The lowest BCUT2D eigenvalue weighted by atomic mass is 10.0. The molecule has 2 atom stereocenters. The monoisotopic (exact) mass is 216 g/mol. The summed E-state index contributed by atoms with van der Waals surface area (Å²) < 4.78 is 15.4. The Balaban J connectivity index is 2.54. The third kappa shape index (κ3) is 3.87. The molecular formula is C10H16O5. The first-order valence-electron chi connectivity index (χ1n) is 4.92. The lowest BCUT2D eigenvalue weighted by molar-refractivity contribution is -0.251. The maximum Gasteiger partial charge on any atom is 0.305 e. The average Bonchev–Trinajstić information content (AvgIpc) is 1.99. The molecule has 1 saturated heterocycles. The molecule has 0 bridgehead atoms. The van der Waals surface area contributed by atoms with E-state index in [0.717, 1.165) is 0 Å². The molecule has 5 nitrogen and oxygen atoms in total. The molecule has 5 heteroatoms. The molecular weight excluding hydrogens is 200 g/mol. The van der Waals surface area contributed by atoms with Gasteiger partial charge in [0.05, 0.1) is 13.0 Å². The second kappa shape index (κ2) is 4.61. The minimum atomic E-state index is -0.968. The van der Waals surface area contributed by atoms with Gasteiger partial charge in [0.2, 0.25) is 5.79 Å². The van der Waals surface area contributed by atoms with Crippen molar-refractivity contribution in [2.75, 3.05) is 6.61 Å². The van der Waals surface area contributed by atoms with Crippen LogP contribution >= 0.6 is 0 Å². The van der Waals surface area contributed by atoms with Crippen LogP contribution in [0.5, 0.6) is 0 Å². The summed E-state index contributed by atoms with van der Waals surface area (Å²) in [6.07, 6.45) is 0.781. The molecule has 1 aliphatic heterocycles. The molecule has 0 N–H and O–H groups in total. The largest absolute Gasteiger partial charge is 0.462 e. The summed E-state index contributed by atoms with van der Waals surface area (Å²) in [5.41, 5.74) is 0. The smallest absolute Gasteiger partial charge is 0.305 e. The van der Waals surface area contributed by atoms with Gasteiger partial charge in [-0.05, 0) is 0 Å². The topological polar surface area (TPSA) is 61.8 Å². The highest BCUT2D eigenvalue weighted by Gasteiger charge is 2.37. The number of carbonyl (C=O) groups excluding carboxylic acids is 2. The Morgan fingerprint density at radius 2 is 2.00 bits per heavy atom. The summed E-state index contributed by atoms with van der Waals surface area (Å²) >= 11 is 0. The van der Waals surface area contributed by atoms with Crippen molar-refractivity contribution < 1.29 is 23.8 Å². The molecule has 0 spiro atoms. The van der Waals surface area contributed by atoms with Crippen molar-refractivity contribution in [1.29, 1.82) is 0 Å². The van der Waals surface area contributed by atoms with Crippen LogP contribution in [0.15, 0.2) is 0 Å². The molecule has 1 rings (SSSR count). The number of carbonyl (C=O) groups is 2. The number of hydrogen-bond donors (Lipinski definition) is 0. The highest BCUT2D eigenvalue weighted by atomic mass is 16.7. The maximum atomic E-state index is 10.8. The van der Waals surface area contributed by atoms with E-state index in [1.54, 1.807) is 6.92 Å². The summed E-state index contributed by atoms with van der Waals surface area (Å²) in [5, 5.41) is 0. The Labute approximate surface area is 88.7 Å². The van der Waals surface area contributed by atoms with E-state index in [1.807, 2.05) is 0 Å². The third-order valence-corrected chi connectivity index (χ3v) is 2.14. The van der Waals surface area contributed by atoms with Gasteiger partial charge < -0.3 is 14.2 Å². The summed E-state index contributed by atoms with van der Waals surface area (Å²) in [5.74, 6) is -1.70. The van der Waals surface area contributed by atoms with Crippen LogP contribution in [0.1, 0.15) is 33.6 Å². The van der Waals surface area contributed by atoms with E-state index in [0.29, 0.717) is 19.4 Å². The van der Waals surface area contributed by atoms with Gasteiger partial charge in [-0.2, -0.15) is 0 Å². The van der Waals surface area contributed by atoms with E-state index in [9.17, 15) is 9.59 Å². The minimum Gasteiger partial charge on any atom is -0.462 e. The lowest BCUT2D eigenvalue weighted by Crippen LogP contribution is -2.43. The fourth-order valence-electron chi connectivity index (χ4n) is 1.69. The average molecular weight is 216 g/mol. The van der Waals surface area contributed by atoms with Gasteiger partial charge in [0.25, 0.3) is 0 Å². The lowest BCUT2D eigenvalue weighted by Gasteiger charge is -2.36. The molecule has 2 unspecified atom stereocenters. The van der Waals surface area contributed by atoms with Crippen molar-refractivity contribution >= 4 is 11.9 Å². The van der Waals surface area contributed by atoms with Crippen LogP contribution in [0.2, 0.25) is 0 Å². The molecule has 1 aliphatic rings. The Morgan fingerprint density at radius 1 is 1.33 bits per heavy atom. The third-order valence-electron chi connectivity index (χ3n) is 2.14. The predicted octanol–water partition coefficient (Wildman–Crippen LogP) is 1.01. The Hall–Kier alpha value is -1.10. The molecule has 1 heterocycles. The van der Waals surface area contributed by atoms with Gasteiger partial charge in [-0.25, -0.2) is 0 Å². The van der Waals surface area contributed by atoms with Crippen molar-refractivity contribution in [1.82, 2.24) is 0 Å². The van der Waals surface area contributed by atoms with Gasteiger partial charge in [-0.15, -0.1) is 0 Å². The van der Waals surface area contributed by atoms with Crippen molar-refractivity contribution in [3.63, 3.8) is 0 Å². The minimum absolute atomic E-state index is 0.236. The fraction of sp³-hybridized carbons (Fsp3) is 0.800. The predicted molar refractivity (Wildman–Crippen MR) is 50.9 cm³/mol. The highest BCUT2D eigenvalue weighted by molar-refractivity contribution is 5.66. The quantitative estimate of drug-likeness (QED) is 0.644. The highest BCUT2D eigenvalue weighted by Crippen LogP contribution is 2.27. The second-order valence-corrected chi connectivity index (χ2v) is 3.80. The Morgan fingerprint density at radius 3 is 2.53 bits per heavy atom. The van der Waals surface area contributed by atoms with E-state index >= 15 is 0 Å². The summed E-state index contributed by atoms with van der Waals surface area (Å²) in [4.78, 5) is 21.6. The van der Waals surface area contributed by atoms with E-state index in [-0.39, 0.29) is 12.1 Å². The van der Waals surface area contributed by atoms with Crippen molar-refractivity contribution in [2.45, 2.75) is 45.5 Å². The van der Waals surface area contributed by atoms with Gasteiger partial charge in [0, 0.05) is 27.2 Å². The van der Waals surface area contributed by atoms with Crippen LogP contribution in [0.4, 0.5) is 0 Å². The SMILES string of the molecule is CC(=O)OC1CCOC(C)(OC(C)=O)C1. The summed E-state index contributed by atoms with van der Waals surface area (Å²) in [6, 6.07) is 0. The molecule has 0 aliphatic carbocycles. The Bertz CT molecular complexity index is 263. The van der Waals surface area contributed by atoms with Crippen LogP contribution in [-0.2, 0) is 23.8 Å². The first-order chi connectivity index (χ1) is 6.91. The zero-order valence-electron chi connectivity index (χ0n) is 9.24. The molecule has 0 aromatic carbocycles. The molecule has 15 heavy (non-hydrogen) atoms. The maximum absolute atomic E-state index is 10.8. The Kier molecular flexibility index (Phi) is 3.68. The summed E-state index contributed by atoms with van der Waals surface area (Å²) in [6.45, 7) is 4.77. The first-order valence-corrected chi connectivity index (χ1v) is 4.92. The van der Waals surface area contributed by atoms with E-state index in [4.69, 9.17) is 14.2 Å². The van der Waals surface area contributed by atoms with Crippen LogP contribution in [-0.4, -0.2) is 30.4 Å². The van der Waals surface area contributed by atoms with Crippen LogP contribution in [0, 0.1) is 0 Å². The first kappa shape index (κ1) is 12.0. The standard InChI is InChI=1S/C10H16O5/c1-7(11)14-9-4-5-13-10(3,6-9)15-8(2)12/h9H,4-6H2,1-3H3. The van der Waals surface area contributed by atoms with Crippen molar-refractivity contribution in [3.05, 3.63) is 0 Å². The van der Waals surface area contributed by atoms with E-state index < -0.39 is 11.8 Å². The second-order valence-electron chi connectivity index (χ2n) is 3.80. The van der Waals surface area contributed by atoms with Crippen molar-refractivity contribution in [3.8, 4) is 0 Å². The van der Waals surface area contributed by atoms with Crippen LogP contribution in [0.25, 0.3) is 0 Å². The fourth-order valence-corrected chi connectivity index (χ4v) is 1.69. The zero-order chi connectivity index (χ0) is 11.5. The van der Waals surface area contributed by atoms with Crippen LogP contribution in [0.3, 0.4) is 0 Å². The number of esters is 2. The molecule has 0 radical (unpaired) electrons. The number of rotatable bonds is 2. The van der Waals surface area contributed by atoms with Gasteiger partial charge in [0.15, 0.2) is 0 Å². The van der Waals surface area contributed by atoms with Crippen LogP contribution < -0.4 is 0 Å². The molecule has 1 fully saturated rings. The summed E-state index contributed by atoms with van der Waals surface area (Å²) in [7, 11) is 0. The van der Waals surface area contributed by atoms with E-state index in [1.165, 1.54) is 13.8 Å². The zero-order valence-corrected chi connectivity index (χ0v) is 9.24. The van der Waals surface area contributed by atoms with Gasteiger partial charge in [0.1, 0.15) is 6.10 Å². The van der Waals surface area contributed by atoms with Gasteiger partial charge >= 0.3 is 11.9 Å². The molecule has 0 aromatic rings. The molecule has 0 aromatic heterocycles. The van der Waals surface area contributed by atoms with Gasteiger partial charge in [-0.1, -0.05) is 0 Å².